The van der Waals surface area contributed by atoms with E-state index in [-0.39, 0.29) is 11.8 Å². The Bertz CT molecular complexity index is 591. The first-order valence-corrected chi connectivity index (χ1v) is 7.19. The van der Waals surface area contributed by atoms with E-state index < -0.39 is 0 Å². The number of nitrogens with zero attached hydrogens (tertiary/aromatic N) is 3. The third kappa shape index (κ3) is 3.35. The molecule has 0 aliphatic carbocycles. The molecule has 0 saturated heterocycles. The van der Waals surface area contributed by atoms with Gasteiger partial charge in [-0.1, -0.05) is 32.8 Å². The largest absolute Gasteiger partial charge is 0.349 e. The molecule has 0 saturated carbocycles. The van der Waals surface area contributed by atoms with Gasteiger partial charge in [-0.15, -0.1) is 10.2 Å². The maximum absolute atomic E-state index is 12.0. The summed E-state index contributed by atoms with van der Waals surface area (Å²) in [4.78, 5) is 12.0. The number of hydrogen-bond acceptors (Lipinski definition) is 3. The number of hydrogen-bond donors (Lipinski definition) is 1. The third-order valence-corrected chi connectivity index (χ3v) is 3.48. The van der Waals surface area contributed by atoms with E-state index in [2.05, 4.69) is 22.4 Å². The summed E-state index contributed by atoms with van der Waals surface area (Å²) in [6.45, 7) is 6.54. The van der Waals surface area contributed by atoms with Crippen LogP contribution in [0.1, 0.15) is 44.5 Å². The lowest BCUT2D eigenvalue weighted by Gasteiger charge is -2.11. The average molecular weight is 274 g/mol. The number of pyridine rings is 1. The van der Waals surface area contributed by atoms with Gasteiger partial charge in [0.1, 0.15) is 0 Å². The van der Waals surface area contributed by atoms with E-state index >= 15 is 0 Å². The molecule has 1 N–H and O–H groups in total. The van der Waals surface area contributed by atoms with E-state index in [1.54, 1.807) is 0 Å². The van der Waals surface area contributed by atoms with Crippen LogP contribution in [0, 0.1) is 12.8 Å². The Morgan fingerprint density at radius 1 is 1.40 bits per heavy atom. The molecule has 2 rings (SSSR count). The van der Waals surface area contributed by atoms with Crippen molar-refractivity contribution in [3.63, 3.8) is 0 Å². The van der Waals surface area contributed by atoms with Crippen molar-refractivity contribution in [3.05, 3.63) is 29.7 Å². The molecule has 0 aromatic carbocycles. The second-order valence-corrected chi connectivity index (χ2v) is 5.31. The van der Waals surface area contributed by atoms with Crippen LogP contribution < -0.4 is 5.32 Å². The number of fused-ring (bicyclic) bond motifs is 1. The van der Waals surface area contributed by atoms with Gasteiger partial charge in [-0.3, -0.25) is 9.20 Å². The smallest absolute Gasteiger partial charge is 0.223 e. The summed E-state index contributed by atoms with van der Waals surface area (Å²) < 4.78 is 1.92. The van der Waals surface area contributed by atoms with E-state index in [0.29, 0.717) is 6.54 Å². The number of carbonyl (C=O) groups is 1. The van der Waals surface area contributed by atoms with Crippen molar-refractivity contribution in [2.24, 2.45) is 5.92 Å². The average Bonchev–Trinajstić information content (AvgIpc) is 2.84. The van der Waals surface area contributed by atoms with E-state index in [1.807, 2.05) is 36.6 Å². The molecule has 2 aromatic rings. The molecule has 2 heterocycles. The first-order chi connectivity index (χ1) is 9.61. The van der Waals surface area contributed by atoms with Crippen LogP contribution in [0.2, 0.25) is 0 Å². The van der Waals surface area contributed by atoms with Gasteiger partial charge in [0.15, 0.2) is 11.5 Å². The van der Waals surface area contributed by atoms with Crippen molar-refractivity contribution in [3.8, 4) is 0 Å². The van der Waals surface area contributed by atoms with Crippen LogP contribution in [0.25, 0.3) is 5.65 Å². The van der Waals surface area contributed by atoms with Crippen LogP contribution >= 0.6 is 0 Å². The van der Waals surface area contributed by atoms with Crippen LogP contribution in [0.5, 0.6) is 0 Å². The maximum Gasteiger partial charge on any atom is 0.223 e. The highest BCUT2D eigenvalue weighted by atomic mass is 16.1. The number of amides is 1. The minimum absolute atomic E-state index is 0.0517. The van der Waals surface area contributed by atoms with Crippen molar-refractivity contribution >= 4 is 11.6 Å². The third-order valence-electron chi connectivity index (χ3n) is 3.48. The molecule has 0 fully saturated rings. The second kappa shape index (κ2) is 6.50. The number of aromatic nitrogens is 3. The fourth-order valence-electron chi connectivity index (χ4n) is 2.15. The van der Waals surface area contributed by atoms with Gasteiger partial charge in [0.25, 0.3) is 0 Å². The van der Waals surface area contributed by atoms with Gasteiger partial charge in [0.2, 0.25) is 5.91 Å². The first-order valence-electron chi connectivity index (χ1n) is 7.19. The summed E-state index contributed by atoms with van der Waals surface area (Å²) in [5, 5.41) is 11.2. The van der Waals surface area contributed by atoms with E-state index in [9.17, 15) is 4.79 Å². The summed E-state index contributed by atoms with van der Waals surface area (Å²) in [7, 11) is 0. The molecule has 108 valence electrons. The normalized spacial score (nSPS) is 12.6. The van der Waals surface area contributed by atoms with Crippen LogP contribution in [0.15, 0.2) is 18.3 Å². The Morgan fingerprint density at radius 2 is 2.20 bits per heavy atom. The minimum Gasteiger partial charge on any atom is -0.349 e. The van der Waals surface area contributed by atoms with Crippen molar-refractivity contribution in [2.45, 2.75) is 46.6 Å². The topological polar surface area (TPSA) is 59.3 Å². The summed E-state index contributed by atoms with van der Waals surface area (Å²) in [5.41, 5.74) is 1.94. The Hall–Kier alpha value is -1.91. The summed E-state index contributed by atoms with van der Waals surface area (Å²) >= 11 is 0. The van der Waals surface area contributed by atoms with Gasteiger partial charge in [-0.25, -0.2) is 0 Å². The van der Waals surface area contributed by atoms with Crippen molar-refractivity contribution in [1.29, 1.82) is 0 Å². The number of rotatable bonds is 6. The number of unbranched alkanes of at least 4 members (excludes halogenated alkanes) is 1. The minimum atomic E-state index is 0.0517. The Labute approximate surface area is 119 Å². The quantitative estimate of drug-likeness (QED) is 0.880. The Kier molecular flexibility index (Phi) is 4.71. The highest BCUT2D eigenvalue weighted by molar-refractivity contribution is 5.78. The molecule has 1 unspecified atom stereocenters. The predicted molar refractivity (Wildman–Crippen MR) is 78.3 cm³/mol. The monoisotopic (exact) mass is 274 g/mol. The van der Waals surface area contributed by atoms with Crippen LogP contribution in [0.3, 0.4) is 0 Å². The van der Waals surface area contributed by atoms with Crippen LogP contribution in [0.4, 0.5) is 0 Å². The standard InChI is InChI=1S/C15H22N4O/c1-4-5-6-12(3)15(20)16-9-14-18-17-13-8-7-11(2)10-19(13)14/h7-8,10,12H,4-6,9H2,1-3H3,(H,16,20). The molecule has 0 spiro atoms. The molecule has 0 radical (unpaired) electrons. The maximum atomic E-state index is 12.0. The number of nitrogens with one attached hydrogen (secondary N) is 1. The molecule has 5 nitrogen and oxygen atoms in total. The first kappa shape index (κ1) is 14.5. The van der Waals surface area contributed by atoms with E-state index in [4.69, 9.17) is 0 Å². The SMILES string of the molecule is CCCCC(C)C(=O)NCc1nnc2ccc(C)cn12. The molecule has 0 aliphatic heterocycles. The van der Waals surface area contributed by atoms with Crippen molar-refractivity contribution < 1.29 is 4.79 Å². The highest BCUT2D eigenvalue weighted by Crippen LogP contribution is 2.09. The summed E-state index contributed by atoms with van der Waals surface area (Å²) in [6, 6.07) is 3.93. The lowest BCUT2D eigenvalue weighted by atomic mass is 10.0. The molecule has 0 aliphatic rings. The van der Waals surface area contributed by atoms with Crippen molar-refractivity contribution in [2.75, 3.05) is 0 Å². The predicted octanol–water partition coefficient (Wildman–Crippen LogP) is 2.48. The fraction of sp³-hybridized carbons (Fsp3) is 0.533. The van der Waals surface area contributed by atoms with Gasteiger partial charge >= 0.3 is 0 Å². The molecule has 2 aromatic heterocycles. The zero-order valence-corrected chi connectivity index (χ0v) is 12.4. The number of carbonyl (C=O) groups excluding carboxylic acids is 1. The van der Waals surface area contributed by atoms with Gasteiger partial charge in [0, 0.05) is 12.1 Å². The van der Waals surface area contributed by atoms with Crippen LogP contribution in [-0.4, -0.2) is 20.5 Å². The van der Waals surface area contributed by atoms with Gasteiger partial charge in [0.05, 0.1) is 6.54 Å². The highest BCUT2D eigenvalue weighted by Gasteiger charge is 2.13. The Morgan fingerprint density at radius 3 is 2.95 bits per heavy atom. The molecule has 20 heavy (non-hydrogen) atoms. The molecule has 0 bridgehead atoms. The zero-order chi connectivity index (χ0) is 14.5. The van der Waals surface area contributed by atoms with Crippen LogP contribution in [-0.2, 0) is 11.3 Å². The lowest BCUT2D eigenvalue weighted by molar-refractivity contribution is -0.124. The summed E-state index contributed by atoms with van der Waals surface area (Å²) in [5.74, 6) is 0.901. The number of aryl methyl sites for hydroxylation is 1. The van der Waals surface area contributed by atoms with Gasteiger partial charge in [-0.05, 0) is 25.0 Å². The van der Waals surface area contributed by atoms with Crippen molar-refractivity contribution in [1.82, 2.24) is 19.9 Å². The second-order valence-electron chi connectivity index (χ2n) is 5.31. The Balaban J connectivity index is 1.99. The molecule has 1 amide bonds. The van der Waals surface area contributed by atoms with E-state index in [1.165, 1.54) is 0 Å². The zero-order valence-electron chi connectivity index (χ0n) is 12.4. The molecule has 5 heteroatoms. The molecule has 1 atom stereocenters. The van der Waals surface area contributed by atoms with E-state index in [0.717, 1.165) is 36.3 Å². The fourth-order valence-corrected chi connectivity index (χ4v) is 2.15. The summed E-state index contributed by atoms with van der Waals surface area (Å²) in [6.07, 6.45) is 5.12. The van der Waals surface area contributed by atoms with Gasteiger partial charge < -0.3 is 5.32 Å². The molecular weight excluding hydrogens is 252 g/mol. The molecular formula is C15H22N4O. The van der Waals surface area contributed by atoms with Gasteiger partial charge in [-0.2, -0.15) is 0 Å². The lowest BCUT2D eigenvalue weighted by Crippen LogP contribution is -2.29.